The smallest absolute Gasteiger partial charge is 0.106 e. The topological polar surface area (TPSA) is 17.1 Å². The number of carbonyl (C=O) groups excluding carboxylic acids is 1. The van der Waals surface area contributed by atoms with E-state index >= 15 is 0 Å². The van der Waals surface area contributed by atoms with Gasteiger partial charge in [0.15, 0.2) is 0 Å². The molecule has 0 heterocycles. The van der Waals surface area contributed by atoms with E-state index < -0.39 is 0 Å². The van der Waals surface area contributed by atoms with Crippen LogP contribution in [0.5, 0.6) is 0 Å². The zero-order chi connectivity index (χ0) is 8.95. The van der Waals surface area contributed by atoms with Crippen molar-refractivity contribution in [2.24, 2.45) is 0 Å². The Morgan fingerprint density at radius 2 is 0.917 bits per heavy atom. The Morgan fingerprint density at radius 1 is 0.833 bits per heavy atom. The molecule has 0 amide bonds. The van der Waals surface area contributed by atoms with Crippen LogP contribution in [0.4, 0.5) is 0 Å². The predicted molar refractivity (Wildman–Crippen MR) is 56.3 cm³/mol. The highest BCUT2D eigenvalue weighted by atomic mass is 16.1. The van der Waals surface area contributed by atoms with Crippen molar-refractivity contribution in [1.29, 1.82) is 0 Å². The second kappa shape index (κ2) is 22.5. The lowest BCUT2D eigenvalue weighted by molar-refractivity contribution is -0.0979. The van der Waals surface area contributed by atoms with Crippen LogP contribution in [0.2, 0.25) is 0 Å². The van der Waals surface area contributed by atoms with Gasteiger partial charge in [0.1, 0.15) is 6.79 Å². The van der Waals surface area contributed by atoms with E-state index in [0.29, 0.717) is 0 Å². The molecule has 1 nitrogen and oxygen atoms in total. The molecule has 0 bridgehead atoms. The van der Waals surface area contributed by atoms with E-state index in [-0.39, 0.29) is 7.43 Å². The predicted octanol–water partition coefficient (Wildman–Crippen LogP) is 3.55. The van der Waals surface area contributed by atoms with Gasteiger partial charge in [-0.05, 0) is 0 Å². The normalized spacial score (nSPS) is 5.83. The van der Waals surface area contributed by atoms with Gasteiger partial charge in [0, 0.05) is 0 Å². The van der Waals surface area contributed by atoms with Gasteiger partial charge in [0.25, 0.3) is 0 Å². The van der Waals surface area contributed by atoms with E-state index in [1.54, 1.807) is 0 Å². The van der Waals surface area contributed by atoms with Crippen molar-refractivity contribution < 1.29 is 4.79 Å². The van der Waals surface area contributed by atoms with Gasteiger partial charge in [-0.25, -0.2) is 0 Å². The third-order valence-electron chi connectivity index (χ3n) is 0.667. The van der Waals surface area contributed by atoms with Crippen LogP contribution in [0.3, 0.4) is 0 Å². The first-order valence-corrected chi connectivity index (χ1v) is 3.70. The highest BCUT2D eigenvalue weighted by Gasteiger charge is 1.57. The van der Waals surface area contributed by atoms with Crippen molar-refractivity contribution in [3.8, 4) is 0 Å². The molecular weight excluding hydrogens is 148 g/mol. The van der Waals surface area contributed by atoms with Gasteiger partial charge in [-0.1, -0.05) is 64.1 Å². The summed E-state index contributed by atoms with van der Waals surface area (Å²) in [5, 5.41) is 0. The van der Waals surface area contributed by atoms with Crippen LogP contribution in [-0.4, -0.2) is 6.79 Å². The molecule has 70 valence electrons. The molecule has 0 aliphatic carbocycles. The Hall–Kier alpha value is -1.11. The Labute approximate surface area is 76.4 Å². The SMILES string of the molecule is C.C=O.CCC.c1ccccc1. The van der Waals surface area contributed by atoms with Gasteiger partial charge in [-0.2, -0.15) is 0 Å². The average Bonchev–Trinajstić information content (AvgIpc) is 2.12. The first-order chi connectivity index (χ1) is 5.41. The summed E-state index contributed by atoms with van der Waals surface area (Å²) in [7, 11) is 0. The second-order valence-electron chi connectivity index (χ2n) is 1.86. The van der Waals surface area contributed by atoms with Crippen LogP contribution in [0.25, 0.3) is 0 Å². The van der Waals surface area contributed by atoms with Crippen molar-refractivity contribution in [2.75, 3.05) is 0 Å². The molecule has 1 heteroatoms. The summed E-state index contributed by atoms with van der Waals surface area (Å²) in [5.41, 5.74) is 0. The summed E-state index contributed by atoms with van der Waals surface area (Å²) in [6, 6.07) is 12.0. The Morgan fingerprint density at radius 3 is 1.00 bits per heavy atom. The van der Waals surface area contributed by atoms with Crippen molar-refractivity contribution >= 4 is 6.79 Å². The van der Waals surface area contributed by atoms with Crippen LogP contribution in [0.15, 0.2) is 36.4 Å². The van der Waals surface area contributed by atoms with Gasteiger partial charge in [-0.15, -0.1) is 0 Å². The molecule has 0 radical (unpaired) electrons. The lowest BCUT2D eigenvalue weighted by Gasteiger charge is -1.69. The molecule has 0 saturated heterocycles. The minimum Gasteiger partial charge on any atom is -0.307 e. The number of hydrogen-bond donors (Lipinski definition) is 0. The zero-order valence-corrected chi connectivity index (χ0v) is 7.29. The Balaban J connectivity index is -0.000000119. The van der Waals surface area contributed by atoms with Gasteiger partial charge < -0.3 is 4.79 Å². The molecule has 0 fully saturated rings. The van der Waals surface area contributed by atoms with Crippen LogP contribution in [0, 0.1) is 0 Å². The largest absolute Gasteiger partial charge is 0.307 e. The van der Waals surface area contributed by atoms with Gasteiger partial charge in [-0.3, -0.25) is 0 Å². The van der Waals surface area contributed by atoms with Crippen molar-refractivity contribution in [1.82, 2.24) is 0 Å². The summed E-state index contributed by atoms with van der Waals surface area (Å²) < 4.78 is 0. The summed E-state index contributed by atoms with van der Waals surface area (Å²) in [4.78, 5) is 8.00. The highest BCUT2D eigenvalue weighted by molar-refractivity contribution is 5.11. The van der Waals surface area contributed by atoms with E-state index in [1.165, 1.54) is 6.42 Å². The molecule has 1 aromatic rings. The monoisotopic (exact) mass is 168 g/mol. The molecule has 1 aromatic carbocycles. The van der Waals surface area contributed by atoms with Gasteiger partial charge in [0.05, 0.1) is 0 Å². The number of benzene rings is 1. The molecule has 0 aliphatic heterocycles. The third-order valence-corrected chi connectivity index (χ3v) is 0.667. The molecule has 0 aromatic heterocycles. The molecule has 0 aliphatic rings. The standard InChI is InChI=1S/C6H6.C3H8.CH2O.CH4/c1-2-4-6-5-3-1;1-3-2;1-2;/h1-6H;3H2,1-2H3;1H2;1H4. The molecular formula is C11H20O. The van der Waals surface area contributed by atoms with Crippen LogP contribution in [-0.2, 0) is 4.79 Å². The minimum atomic E-state index is 0. The zero-order valence-electron chi connectivity index (χ0n) is 7.29. The van der Waals surface area contributed by atoms with Crippen LogP contribution in [0.1, 0.15) is 27.7 Å². The second-order valence-corrected chi connectivity index (χ2v) is 1.86. The number of rotatable bonds is 0. The van der Waals surface area contributed by atoms with E-state index in [4.69, 9.17) is 4.79 Å². The van der Waals surface area contributed by atoms with E-state index in [1.807, 2.05) is 43.2 Å². The van der Waals surface area contributed by atoms with Crippen LogP contribution < -0.4 is 0 Å². The highest BCUT2D eigenvalue weighted by Crippen LogP contribution is 1.79. The quantitative estimate of drug-likeness (QED) is 0.579. The van der Waals surface area contributed by atoms with E-state index in [0.717, 1.165) is 0 Å². The van der Waals surface area contributed by atoms with E-state index in [2.05, 4.69) is 13.8 Å². The molecule has 1 rings (SSSR count). The number of hydrogen-bond acceptors (Lipinski definition) is 1. The maximum atomic E-state index is 8.00. The molecule has 0 atom stereocenters. The fraction of sp³-hybridized carbons (Fsp3) is 0.364. The first kappa shape index (κ1) is 17.1. The molecule has 0 spiro atoms. The summed E-state index contributed by atoms with van der Waals surface area (Å²) >= 11 is 0. The maximum Gasteiger partial charge on any atom is 0.106 e. The average molecular weight is 168 g/mol. The van der Waals surface area contributed by atoms with Crippen molar-refractivity contribution in [2.45, 2.75) is 27.7 Å². The summed E-state index contributed by atoms with van der Waals surface area (Å²) in [5.74, 6) is 0. The molecule has 0 N–H and O–H groups in total. The fourth-order valence-corrected chi connectivity index (χ4v) is 0.385. The lowest BCUT2D eigenvalue weighted by Crippen LogP contribution is -1.47. The first-order valence-electron chi connectivity index (χ1n) is 3.70. The van der Waals surface area contributed by atoms with Crippen molar-refractivity contribution in [3.63, 3.8) is 0 Å². The van der Waals surface area contributed by atoms with E-state index in [9.17, 15) is 0 Å². The summed E-state index contributed by atoms with van der Waals surface area (Å²) in [6.45, 7) is 6.25. The van der Waals surface area contributed by atoms with Crippen LogP contribution >= 0.6 is 0 Å². The Kier molecular flexibility index (Phi) is 32.1. The Bertz CT molecular complexity index is 99.0. The molecule has 0 saturated carbocycles. The number of carbonyl (C=O) groups is 1. The van der Waals surface area contributed by atoms with Gasteiger partial charge in [0.2, 0.25) is 0 Å². The lowest BCUT2D eigenvalue weighted by atomic mass is 10.4. The summed E-state index contributed by atoms with van der Waals surface area (Å²) in [6.07, 6.45) is 1.25. The third kappa shape index (κ3) is 23.1. The van der Waals surface area contributed by atoms with Crippen molar-refractivity contribution in [3.05, 3.63) is 36.4 Å². The molecule has 0 unspecified atom stereocenters. The molecule has 12 heavy (non-hydrogen) atoms. The minimum absolute atomic E-state index is 0. The maximum absolute atomic E-state index is 8.00. The van der Waals surface area contributed by atoms with Gasteiger partial charge >= 0.3 is 0 Å². The fourth-order valence-electron chi connectivity index (χ4n) is 0.385.